The van der Waals surface area contributed by atoms with Gasteiger partial charge in [0.15, 0.2) is 10.9 Å². The van der Waals surface area contributed by atoms with Gasteiger partial charge >= 0.3 is 5.97 Å². The van der Waals surface area contributed by atoms with Gasteiger partial charge in [-0.05, 0) is 39.0 Å². The van der Waals surface area contributed by atoms with E-state index in [1.165, 1.54) is 6.20 Å². The first-order chi connectivity index (χ1) is 15.5. The van der Waals surface area contributed by atoms with E-state index in [9.17, 15) is 9.59 Å². The molecular weight excluding hydrogens is 426 g/mol. The molecule has 1 N–H and O–H groups in total. The van der Waals surface area contributed by atoms with Crippen molar-refractivity contribution in [1.29, 1.82) is 0 Å². The number of amides is 1. The summed E-state index contributed by atoms with van der Waals surface area (Å²) in [6, 6.07) is 14.7. The molecule has 0 aliphatic carbocycles. The first-order valence-electron chi connectivity index (χ1n) is 10.0. The molecule has 1 aromatic carbocycles. The Morgan fingerprint density at radius 1 is 1.12 bits per heavy atom. The predicted octanol–water partition coefficient (Wildman–Crippen LogP) is 4.44. The summed E-state index contributed by atoms with van der Waals surface area (Å²) in [4.78, 5) is 34.4. The molecule has 0 bridgehead atoms. The van der Waals surface area contributed by atoms with Gasteiger partial charge in [0.2, 0.25) is 0 Å². The normalized spacial score (nSPS) is 10.7. The summed E-state index contributed by atoms with van der Waals surface area (Å²) in [5.74, 6) is -0.223. The summed E-state index contributed by atoms with van der Waals surface area (Å²) in [6.45, 7) is 5.84. The smallest absolute Gasteiger partial charge is 0.350 e. The fraction of sp³-hybridized carbons (Fsp3) is 0.174. The topological polar surface area (TPSA) is 99.0 Å². The van der Waals surface area contributed by atoms with E-state index in [2.05, 4.69) is 20.4 Å². The molecule has 3 heterocycles. The van der Waals surface area contributed by atoms with Gasteiger partial charge in [-0.15, -0.1) is 0 Å². The van der Waals surface area contributed by atoms with Crippen LogP contribution < -0.4 is 5.32 Å². The summed E-state index contributed by atoms with van der Waals surface area (Å²) in [6.07, 6.45) is 1.49. The number of nitrogens with one attached hydrogen (secondary N) is 1. The molecule has 0 radical (unpaired) electrons. The highest BCUT2D eigenvalue weighted by molar-refractivity contribution is 7.18. The third-order valence-electron chi connectivity index (χ3n) is 4.59. The number of hydrogen-bond donors (Lipinski definition) is 1. The molecule has 0 saturated carbocycles. The summed E-state index contributed by atoms with van der Waals surface area (Å²) in [5.41, 5.74) is 3.45. The quantitative estimate of drug-likeness (QED) is 0.439. The van der Waals surface area contributed by atoms with Crippen molar-refractivity contribution in [2.75, 3.05) is 11.9 Å². The molecule has 0 spiro atoms. The molecule has 0 aliphatic heterocycles. The Morgan fingerprint density at radius 2 is 1.91 bits per heavy atom. The average Bonchev–Trinajstić information content (AvgIpc) is 3.37. The maximum absolute atomic E-state index is 12.8. The van der Waals surface area contributed by atoms with Crippen LogP contribution in [0.1, 0.15) is 38.3 Å². The second-order valence-electron chi connectivity index (χ2n) is 6.98. The largest absolute Gasteiger partial charge is 0.462 e. The van der Waals surface area contributed by atoms with Crippen LogP contribution in [-0.4, -0.2) is 38.2 Å². The molecular formula is C23H21N5O3S. The fourth-order valence-electron chi connectivity index (χ4n) is 3.18. The molecule has 32 heavy (non-hydrogen) atoms. The van der Waals surface area contributed by atoms with Crippen LogP contribution in [0.15, 0.2) is 54.7 Å². The van der Waals surface area contributed by atoms with Crippen LogP contribution in [0, 0.1) is 13.8 Å². The number of rotatable bonds is 6. The molecule has 0 aliphatic rings. The van der Waals surface area contributed by atoms with Gasteiger partial charge in [-0.25, -0.2) is 19.4 Å². The molecule has 9 heteroatoms. The fourth-order valence-corrected chi connectivity index (χ4v) is 4.05. The number of aromatic nitrogens is 4. The number of aryl methyl sites for hydroxylation is 2. The highest BCUT2D eigenvalue weighted by atomic mass is 32.1. The predicted molar refractivity (Wildman–Crippen MR) is 122 cm³/mol. The number of carbonyl (C=O) groups is 2. The molecule has 0 fully saturated rings. The van der Waals surface area contributed by atoms with Gasteiger partial charge in [0, 0.05) is 17.5 Å². The highest BCUT2D eigenvalue weighted by Gasteiger charge is 2.22. The van der Waals surface area contributed by atoms with E-state index in [1.807, 2.05) is 50.2 Å². The van der Waals surface area contributed by atoms with Crippen molar-refractivity contribution in [1.82, 2.24) is 19.7 Å². The van der Waals surface area contributed by atoms with Crippen molar-refractivity contribution in [2.45, 2.75) is 20.8 Å². The maximum Gasteiger partial charge on any atom is 0.350 e. The lowest BCUT2D eigenvalue weighted by molar-refractivity contribution is 0.0532. The highest BCUT2D eigenvalue weighted by Crippen LogP contribution is 2.32. The van der Waals surface area contributed by atoms with Gasteiger partial charge in [-0.3, -0.25) is 10.1 Å². The zero-order valence-electron chi connectivity index (χ0n) is 17.8. The van der Waals surface area contributed by atoms with Gasteiger partial charge in [0.25, 0.3) is 5.91 Å². The second kappa shape index (κ2) is 9.11. The zero-order chi connectivity index (χ0) is 22.7. The average molecular weight is 448 g/mol. The van der Waals surface area contributed by atoms with Crippen molar-refractivity contribution in [3.05, 3.63) is 76.6 Å². The molecule has 0 unspecified atom stereocenters. The summed E-state index contributed by atoms with van der Waals surface area (Å²) >= 11 is 1.08. The lowest BCUT2D eigenvalue weighted by atomic mass is 10.1. The van der Waals surface area contributed by atoms with Crippen LogP contribution >= 0.6 is 11.3 Å². The molecule has 4 aromatic rings. The van der Waals surface area contributed by atoms with Gasteiger partial charge in [0.05, 0.1) is 23.6 Å². The Bertz CT molecular complexity index is 1260. The van der Waals surface area contributed by atoms with Crippen molar-refractivity contribution in [2.24, 2.45) is 0 Å². The van der Waals surface area contributed by atoms with E-state index in [4.69, 9.17) is 4.74 Å². The Kier molecular flexibility index (Phi) is 6.09. The van der Waals surface area contributed by atoms with Gasteiger partial charge in [0.1, 0.15) is 4.88 Å². The number of hydrogen-bond acceptors (Lipinski definition) is 7. The Labute approximate surface area is 188 Å². The minimum absolute atomic E-state index is 0.250. The minimum Gasteiger partial charge on any atom is -0.462 e. The standard InChI is InChI=1S/C23H21N5O3S/c1-4-31-22(30)20-19(16-8-6-5-7-9-16)25-23(32-20)26-21(29)17-10-11-18(24-13-17)28-15(3)12-14(2)27-28/h5-13H,4H2,1-3H3,(H,25,26,29). The van der Waals surface area contributed by atoms with Crippen molar-refractivity contribution in [3.63, 3.8) is 0 Å². The molecule has 3 aromatic heterocycles. The molecule has 8 nitrogen and oxygen atoms in total. The first-order valence-corrected chi connectivity index (χ1v) is 10.8. The van der Waals surface area contributed by atoms with E-state index >= 15 is 0 Å². The monoisotopic (exact) mass is 447 g/mol. The summed E-state index contributed by atoms with van der Waals surface area (Å²) in [5, 5.41) is 7.46. The number of esters is 1. The van der Waals surface area contributed by atoms with E-state index in [-0.39, 0.29) is 12.5 Å². The van der Waals surface area contributed by atoms with E-state index in [0.29, 0.717) is 27.1 Å². The van der Waals surface area contributed by atoms with Gasteiger partial charge in [-0.2, -0.15) is 5.10 Å². The van der Waals surface area contributed by atoms with Crippen LogP contribution in [0.3, 0.4) is 0 Å². The zero-order valence-corrected chi connectivity index (χ0v) is 18.6. The lowest BCUT2D eigenvalue weighted by Gasteiger charge is -2.05. The lowest BCUT2D eigenvalue weighted by Crippen LogP contribution is -2.12. The number of thiazole rings is 1. The number of anilines is 1. The number of nitrogens with zero attached hydrogens (tertiary/aromatic N) is 4. The van der Waals surface area contributed by atoms with Gasteiger partial charge < -0.3 is 4.74 Å². The number of pyridine rings is 1. The van der Waals surface area contributed by atoms with Gasteiger partial charge in [-0.1, -0.05) is 41.7 Å². The number of ether oxygens (including phenoxy) is 1. The Hall–Kier alpha value is -3.85. The number of carbonyl (C=O) groups excluding carboxylic acids is 2. The Balaban J connectivity index is 1.58. The molecule has 0 saturated heterocycles. The second-order valence-corrected chi connectivity index (χ2v) is 7.98. The SMILES string of the molecule is CCOC(=O)c1sc(NC(=O)c2ccc(-n3nc(C)cc3C)nc2)nc1-c1ccccc1. The van der Waals surface area contributed by atoms with Crippen LogP contribution in [0.5, 0.6) is 0 Å². The first kappa shape index (κ1) is 21.4. The molecule has 4 rings (SSSR count). The summed E-state index contributed by atoms with van der Waals surface area (Å²) < 4.78 is 6.88. The third-order valence-corrected chi connectivity index (χ3v) is 5.54. The minimum atomic E-state index is -0.472. The van der Waals surface area contributed by atoms with Crippen molar-refractivity contribution < 1.29 is 14.3 Å². The van der Waals surface area contributed by atoms with E-state index in [0.717, 1.165) is 28.3 Å². The van der Waals surface area contributed by atoms with Crippen LogP contribution in [0.25, 0.3) is 17.1 Å². The number of benzene rings is 1. The van der Waals surface area contributed by atoms with E-state index < -0.39 is 5.97 Å². The van der Waals surface area contributed by atoms with E-state index in [1.54, 1.807) is 23.7 Å². The summed E-state index contributed by atoms with van der Waals surface area (Å²) in [7, 11) is 0. The van der Waals surface area contributed by atoms with Crippen LogP contribution in [0.4, 0.5) is 5.13 Å². The van der Waals surface area contributed by atoms with Crippen LogP contribution in [-0.2, 0) is 4.74 Å². The van der Waals surface area contributed by atoms with Crippen molar-refractivity contribution >= 4 is 28.3 Å². The molecule has 162 valence electrons. The Morgan fingerprint density at radius 3 is 2.53 bits per heavy atom. The molecule has 1 amide bonds. The molecule has 0 atom stereocenters. The maximum atomic E-state index is 12.8. The third kappa shape index (κ3) is 4.42. The van der Waals surface area contributed by atoms with Crippen molar-refractivity contribution in [3.8, 4) is 17.1 Å². The van der Waals surface area contributed by atoms with Crippen LogP contribution in [0.2, 0.25) is 0 Å².